The third kappa shape index (κ3) is 2.34. The highest BCUT2D eigenvalue weighted by atomic mass is 16.1. The Bertz CT molecular complexity index is 551. The summed E-state index contributed by atoms with van der Waals surface area (Å²) in [6, 6.07) is 9.32. The maximum absolute atomic E-state index is 11.4. The van der Waals surface area contributed by atoms with Crippen LogP contribution in [0.3, 0.4) is 0 Å². The molecule has 0 radical (unpaired) electrons. The van der Waals surface area contributed by atoms with Gasteiger partial charge in [0, 0.05) is 11.6 Å². The summed E-state index contributed by atoms with van der Waals surface area (Å²) < 4.78 is 0. The van der Waals surface area contributed by atoms with Gasteiger partial charge in [-0.1, -0.05) is 30.0 Å². The number of ketones is 2. The maximum atomic E-state index is 11.4. The number of hydrogen-bond acceptors (Lipinski definition) is 2. The second-order valence-electron chi connectivity index (χ2n) is 3.27. The Kier molecular flexibility index (Phi) is 2.79. The average molecular weight is 208 g/mol. The lowest BCUT2D eigenvalue weighted by Crippen LogP contribution is -2.05. The standard InChI is InChI=1S/C14H8O2/c15-13-8-9-14(16)12(10-13)7-6-11-4-2-1-3-5-11/h1-5,8-10H. The lowest BCUT2D eigenvalue weighted by atomic mass is 10.0. The molecular formula is C14H8O2. The van der Waals surface area contributed by atoms with Gasteiger partial charge in [0.2, 0.25) is 0 Å². The van der Waals surface area contributed by atoms with Crippen LogP contribution < -0.4 is 0 Å². The van der Waals surface area contributed by atoms with Crippen LogP contribution >= 0.6 is 0 Å². The van der Waals surface area contributed by atoms with Gasteiger partial charge in [-0.2, -0.15) is 0 Å². The zero-order valence-corrected chi connectivity index (χ0v) is 8.44. The van der Waals surface area contributed by atoms with Crippen LogP contribution in [0.15, 0.2) is 54.1 Å². The third-order valence-corrected chi connectivity index (χ3v) is 2.07. The summed E-state index contributed by atoms with van der Waals surface area (Å²) in [5, 5.41) is 0. The molecule has 0 spiro atoms. The Balaban J connectivity index is 2.26. The first-order chi connectivity index (χ1) is 7.75. The van der Waals surface area contributed by atoms with E-state index in [1.807, 2.05) is 30.3 Å². The summed E-state index contributed by atoms with van der Waals surface area (Å²) in [5.74, 6) is 5.13. The fourth-order valence-corrected chi connectivity index (χ4v) is 1.27. The van der Waals surface area contributed by atoms with Crippen LogP contribution in [0.2, 0.25) is 0 Å². The molecule has 0 aromatic heterocycles. The van der Waals surface area contributed by atoms with Crippen molar-refractivity contribution in [2.75, 3.05) is 0 Å². The van der Waals surface area contributed by atoms with Crippen molar-refractivity contribution in [3.05, 3.63) is 59.7 Å². The number of carbonyl (C=O) groups excluding carboxylic acids is 2. The molecule has 0 saturated carbocycles. The first-order valence-corrected chi connectivity index (χ1v) is 4.81. The zero-order chi connectivity index (χ0) is 11.4. The Morgan fingerprint density at radius 2 is 1.62 bits per heavy atom. The SMILES string of the molecule is O=C1C=CC(=O)C(C#Cc2ccccc2)=C1. The largest absolute Gasteiger partial charge is 0.290 e. The molecule has 2 rings (SSSR count). The van der Waals surface area contributed by atoms with E-state index in [4.69, 9.17) is 0 Å². The highest BCUT2D eigenvalue weighted by Gasteiger charge is 2.10. The molecule has 1 aliphatic rings. The molecule has 0 bridgehead atoms. The van der Waals surface area contributed by atoms with Crippen molar-refractivity contribution in [2.45, 2.75) is 0 Å². The molecule has 2 heteroatoms. The minimum absolute atomic E-state index is 0.197. The summed E-state index contributed by atoms with van der Waals surface area (Å²) in [6.07, 6.45) is 3.76. The molecule has 0 unspecified atom stereocenters. The Hall–Kier alpha value is -2.40. The van der Waals surface area contributed by atoms with E-state index in [0.29, 0.717) is 0 Å². The molecule has 0 fully saturated rings. The van der Waals surface area contributed by atoms with Crippen LogP contribution in [0.25, 0.3) is 0 Å². The molecule has 16 heavy (non-hydrogen) atoms. The van der Waals surface area contributed by atoms with E-state index >= 15 is 0 Å². The van der Waals surface area contributed by atoms with Crippen molar-refractivity contribution in [1.29, 1.82) is 0 Å². The van der Waals surface area contributed by atoms with Crippen LogP contribution in [-0.4, -0.2) is 11.6 Å². The molecule has 0 N–H and O–H groups in total. The smallest absolute Gasteiger partial charge is 0.194 e. The van der Waals surface area contributed by atoms with Crippen LogP contribution in [-0.2, 0) is 9.59 Å². The Labute approximate surface area is 93.3 Å². The van der Waals surface area contributed by atoms with Gasteiger partial charge in [0.25, 0.3) is 0 Å². The molecule has 0 aliphatic heterocycles. The van der Waals surface area contributed by atoms with Gasteiger partial charge in [0.05, 0.1) is 5.57 Å². The molecule has 0 atom stereocenters. The second-order valence-corrected chi connectivity index (χ2v) is 3.27. The number of carbonyl (C=O) groups is 2. The summed E-state index contributed by atoms with van der Waals surface area (Å²) in [5.41, 5.74) is 1.06. The van der Waals surface area contributed by atoms with Gasteiger partial charge < -0.3 is 0 Å². The van der Waals surface area contributed by atoms with Crippen molar-refractivity contribution in [3.8, 4) is 11.8 Å². The quantitative estimate of drug-likeness (QED) is 0.480. The first kappa shape index (κ1) is 10.1. The third-order valence-electron chi connectivity index (χ3n) is 2.07. The minimum atomic E-state index is -0.219. The van der Waals surface area contributed by atoms with Crippen molar-refractivity contribution in [1.82, 2.24) is 0 Å². The van der Waals surface area contributed by atoms with E-state index in [0.717, 1.165) is 5.56 Å². The van der Waals surface area contributed by atoms with Gasteiger partial charge >= 0.3 is 0 Å². The van der Waals surface area contributed by atoms with Gasteiger partial charge in [-0.15, -0.1) is 0 Å². The molecule has 76 valence electrons. The van der Waals surface area contributed by atoms with E-state index in [1.165, 1.54) is 18.2 Å². The van der Waals surface area contributed by atoms with Crippen LogP contribution in [0, 0.1) is 11.8 Å². The summed E-state index contributed by atoms with van der Waals surface area (Å²) in [4.78, 5) is 22.4. The molecule has 1 aliphatic carbocycles. The fourth-order valence-electron chi connectivity index (χ4n) is 1.27. The predicted octanol–water partition coefficient (Wildman–Crippen LogP) is 1.67. The lowest BCUT2D eigenvalue weighted by Gasteiger charge is -1.97. The van der Waals surface area contributed by atoms with Crippen LogP contribution in [0.5, 0.6) is 0 Å². The zero-order valence-electron chi connectivity index (χ0n) is 8.44. The van der Waals surface area contributed by atoms with Gasteiger partial charge in [-0.3, -0.25) is 9.59 Å². The van der Waals surface area contributed by atoms with Gasteiger partial charge in [0.15, 0.2) is 11.6 Å². The van der Waals surface area contributed by atoms with Crippen molar-refractivity contribution >= 4 is 11.6 Å². The molecule has 1 aromatic carbocycles. The highest BCUT2D eigenvalue weighted by molar-refractivity contribution is 6.19. The predicted molar refractivity (Wildman–Crippen MR) is 60.6 cm³/mol. The Morgan fingerprint density at radius 1 is 0.875 bits per heavy atom. The van der Waals surface area contributed by atoms with Gasteiger partial charge in [0.1, 0.15) is 0 Å². The summed E-state index contributed by atoms with van der Waals surface area (Å²) >= 11 is 0. The van der Waals surface area contributed by atoms with E-state index < -0.39 is 0 Å². The first-order valence-electron chi connectivity index (χ1n) is 4.81. The molecule has 0 saturated heterocycles. The average Bonchev–Trinajstić information content (AvgIpc) is 2.32. The lowest BCUT2D eigenvalue weighted by molar-refractivity contribution is -0.114. The second kappa shape index (κ2) is 4.41. The molecule has 0 amide bonds. The maximum Gasteiger partial charge on any atom is 0.194 e. The van der Waals surface area contributed by atoms with Crippen molar-refractivity contribution in [2.24, 2.45) is 0 Å². The summed E-state index contributed by atoms with van der Waals surface area (Å²) in [7, 11) is 0. The molecule has 0 heterocycles. The number of allylic oxidation sites excluding steroid dienone is 4. The van der Waals surface area contributed by atoms with Gasteiger partial charge in [-0.05, 0) is 24.3 Å². The topological polar surface area (TPSA) is 34.1 Å². The number of rotatable bonds is 0. The van der Waals surface area contributed by atoms with Crippen LogP contribution in [0.4, 0.5) is 0 Å². The number of hydrogen-bond donors (Lipinski definition) is 0. The van der Waals surface area contributed by atoms with E-state index in [-0.39, 0.29) is 17.1 Å². The highest BCUT2D eigenvalue weighted by Crippen LogP contribution is 2.04. The van der Waals surface area contributed by atoms with Crippen molar-refractivity contribution < 1.29 is 9.59 Å². The van der Waals surface area contributed by atoms with Crippen LogP contribution in [0.1, 0.15) is 5.56 Å². The van der Waals surface area contributed by atoms with E-state index in [1.54, 1.807) is 0 Å². The normalized spacial score (nSPS) is 14.1. The molecular weight excluding hydrogens is 200 g/mol. The number of benzene rings is 1. The summed E-state index contributed by atoms with van der Waals surface area (Å²) in [6.45, 7) is 0. The van der Waals surface area contributed by atoms with E-state index in [9.17, 15) is 9.59 Å². The van der Waals surface area contributed by atoms with Crippen molar-refractivity contribution in [3.63, 3.8) is 0 Å². The molecule has 2 nitrogen and oxygen atoms in total. The van der Waals surface area contributed by atoms with E-state index in [2.05, 4.69) is 11.8 Å². The van der Waals surface area contributed by atoms with Gasteiger partial charge in [-0.25, -0.2) is 0 Å². The fraction of sp³-hybridized carbons (Fsp3) is 0. The minimum Gasteiger partial charge on any atom is -0.290 e. The monoisotopic (exact) mass is 208 g/mol. The molecule has 1 aromatic rings. The Morgan fingerprint density at radius 3 is 2.38 bits per heavy atom.